The number of hydrogen-bond acceptors (Lipinski definition) is 3. The summed E-state index contributed by atoms with van der Waals surface area (Å²) in [6.45, 7) is 0. The van der Waals surface area contributed by atoms with Crippen molar-refractivity contribution in [2.75, 3.05) is 7.11 Å². The number of ether oxygens (including phenoxy) is 1. The number of carboxylic acid groups (broad SMARTS) is 1. The molecule has 0 aliphatic heterocycles. The number of carboxylic acids is 1. The lowest BCUT2D eigenvalue weighted by Gasteiger charge is -2.14. The smallest absolute Gasteiger partial charge is 0.417 e. The lowest BCUT2D eigenvalue weighted by atomic mass is 10.0. The summed E-state index contributed by atoms with van der Waals surface area (Å²) in [6.07, 6.45) is -20.1. The molecule has 0 aromatic heterocycles. The van der Waals surface area contributed by atoms with Crippen LogP contribution in [0, 0.1) is 0 Å². The van der Waals surface area contributed by atoms with Gasteiger partial charge >= 0.3 is 36.6 Å². The first-order chi connectivity index (χ1) is 15.6. The molecule has 4 nitrogen and oxygen atoms in total. The van der Waals surface area contributed by atoms with E-state index in [2.05, 4.69) is 4.74 Å². The van der Waals surface area contributed by atoms with Crippen molar-refractivity contribution in [2.45, 2.75) is 24.7 Å². The van der Waals surface area contributed by atoms with E-state index in [0.29, 0.717) is 18.2 Å². The third-order valence-electron chi connectivity index (χ3n) is 3.94. The largest absolute Gasteiger partial charge is 0.478 e. The molecule has 0 unspecified atom stereocenters. The Morgan fingerprint density at radius 1 is 0.629 bits per heavy atom. The normalized spacial score (nSPS) is 12.5. The summed E-state index contributed by atoms with van der Waals surface area (Å²) < 4.78 is 152. The van der Waals surface area contributed by atoms with Crippen LogP contribution in [0.3, 0.4) is 0 Å². The quantitative estimate of drug-likeness (QED) is 0.338. The van der Waals surface area contributed by atoms with Gasteiger partial charge in [-0.15, -0.1) is 0 Å². The summed E-state index contributed by atoms with van der Waals surface area (Å²) in [5.74, 6) is -3.29. The third-order valence-corrected chi connectivity index (χ3v) is 3.94. The number of halogens is 12. The first-order valence-corrected chi connectivity index (χ1v) is 8.49. The van der Waals surface area contributed by atoms with Crippen molar-refractivity contribution in [2.24, 2.45) is 0 Å². The summed E-state index contributed by atoms with van der Waals surface area (Å²) in [4.78, 5) is 21.5. The number of carbonyl (C=O) groups is 2. The number of aromatic carboxylic acids is 1. The third kappa shape index (κ3) is 7.78. The molecule has 0 amide bonds. The van der Waals surface area contributed by atoms with Crippen LogP contribution in [0.5, 0.6) is 0 Å². The van der Waals surface area contributed by atoms with Gasteiger partial charge in [0.2, 0.25) is 0 Å². The number of esters is 1. The molecule has 16 heteroatoms. The Kier molecular flexibility index (Phi) is 8.48. The Morgan fingerprint density at radius 3 is 1.26 bits per heavy atom. The zero-order chi connectivity index (χ0) is 27.6. The number of alkyl halides is 12. The first kappa shape index (κ1) is 29.6. The maximum atomic E-state index is 12.5. The Balaban J connectivity index is 0.000000351. The van der Waals surface area contributed by atoms with Crippen molar-refractivity contribution in [1.82, 2.24) is 0 Å². The zero-order valence-electron chi connectivity index (χ0n) is 16.7. The molecular weight excluding hydrogens is 520 g/mol. The van der Waals surface area contributed by atoms with Crippen LogP contribution in [0.4, 0.5) is 52.7 Å². The molecule has 2 aromatic rings. The van der Waals surface area contributed by atoms with Crippen LogP contribution in [0.25, 0.3) is 0 Å². The average Bonchev–Trinajstić information content (AvgIpc) is 2.70. The van der Waals surface area contributed by atoms with Crippen molar-refractivity contribution < 1.29 is 72.1 Å². The fraction of sp³-hybridized carbons (Fsp3) is 0.263. The number of rotatable bonds is 2. The molecule has 35 heavy (non-hydrogen) atoms. The van der Waals surface area contributed by atoms with E-state index in [1.165, 1.54) is 0 Å². The van der Waals surface area contributed by atoms with E-state index in [-0.39, 0.29) is 18.2 Å². The molecule has 1 N–H and O–H groups in total. The molecule has 0 spiro atoms. The van der Waals surface area contributed by atoms with E-state index in [1.807, 2.05) is 0 Å². The summed E-state index contributed by atoms with van der Waals surface area (Å²) >= 11 is 0. The van der Waals surface area contributed by atoms with Gasteiger partial charge in [-0.25, -0.2) is 9.59 Å². The van der Waals surface area contributed by atoms with E-state index < -0.39 is 70.0 Å². The lowest BCUT2D eigenvalue weighted by molar-refractivity contribution is -0.145. The van der Waals surface area contributed by atoms with Crippen LogP contribution in [0.15, 0.2) is 36.4 Å². The van der Waals surface area contributed by atoms with E-state index in [9.17, 15) is 62.3 Å². The summed E-state index contributed by atoms with van der Waals surface area (Å²) in [6, 6.07) is 1.07. The van der Waals surface area contributed by atoms with Gasteiger partial charge in [0.1, 0.15) is 0 Å². The fourth-order valence-electron chi connectivity index (χ4n) is 2.38. The van der Waals surface area contributed by atoms with Gasteiger partial charge in [-0.05, 0) is 36.4 Å². The van der Waals surface area contributed by atoms with Crippen LogP contribution in [0.1, 0.15) is 43.0 Å². The average molecular weight is 530 g/mol. The number of benzene rings is 2. The summed E-state index contributed by atoms with van der Waals surface area (Å²) in [7, 11) is 0.833. The highest BCUT2D eigenvalue weighted by Gasteiger charge is 2.40. The molecule has 0 heterocycles. The van der Waals surface area contributed by atoms with Crippen molar-refractivity contribution >= 4 is 11.9 Å². The Hall–Kier alpha value is -3.46. The molecule has 0 fully saturated rings. The Labute approximate surface area is 186 Å². The van der Waals surface area contributed by atoms with Crippen LogP contribution in [0.2, 0.25) is 0 Å². The molecule has 0 bridgehead atoms. The molecule has 0 radical (unpaired) electrons. The molecule has 0 saturated heterocycles. The molecule has 2 aromatic carbocycles. The Morgan fingerprint density at radius 2 is 0.971 bits per heavy atom. The lowest BCUT2D eigenvalue weighted by Crippen LogP contribution is -2.16. The predicted molar refractivity (Wildman–Crippen MR) is 91.2 cm³/mol. The van der Waals surface area contributed by atoms with Gasteiger partial charge < -0.3 is 9.84 Å². The highest BCUT2D eigenvalue weighted by Crippen LogP contribution is 2.38. The minimum atomic E-state index is -5.16. The van der Waals surface area contributed by atoms with E-state index in [4.69, 9.17) is 5.11 Å². The van der Waals surface area contributed by atoms with E-state index in [0.717, 1.165) is 7.11 Å². The fourth-order valence-corrected chi connectivity index (χ4v) is 2.38. The number of hydrogen-bond donors (Lipinski definition) is 1. The van der Waals surface area contributed by atoms with Gasteiger partial charge in [0.15, 0.2) is 0 Å². The standard InChI is InChI=1S/C10H6F6O2.C9H4F6O2/c1-18-8(17)6-3-2-5(9(11,12)13)4-7(6)10(14,15)16;10-8(11,12)4-1-2-5(7(16)17)6(3-4)9(13,14)15/h2-4H,1H3;1-3H,(H,16,17). The SMILES string of the molecule is COC(=O)c1ccc(C(F)(F)F)cc1C(F)(F)F.O=C(O)c1ccc(C(F)(F)F)cc1C(F)(F)F. The van der Waals surface area contributed by atoms with Gasteiger partial charge in [0, 0.05) is 0 Å². The van der Waals surface area contributed by atoms with E-state index >= 15 is 0 Å². The molecule has 2 rings (SSSR count). The summed E-state index contributed by atoms with van der Waals surface area (Å²) in [5, 5.41) is 8.44. The molecule has 0 atom stereocenters. The van der Waals surface area contributed by atoms with Gasteiger partial charge in [-0.3, -0.25) is 0 Å². The Bertz CT molecular complexity index is 1080. The van der Waals surface area contributed by atoms with Crippen LogP contribution >= 0.6 is 0 Å². The van der Waals surface area contributed by atoms with Gasteiger partial charge in [-0.1, -0.05) is 0 Å². The molecule has 0 aliphatic rings. The monoisotopic (exact) mass is 530 g/mol. The number of carbonyl (C=O) groups excluding carboxylic acids is 1. The highest BCUT2D eigenvalue weighted by molar-refractivity contribution is 5.91. The number of methoxy groups -OCH3 is 1. The van der Waals surface area contributed by atoms with Crippen LogP contribution < -0.4 is 0 Å². The molecular formula is C19H10F12O4. The first-order valence-electron chi connectivity index (χ1n) is 8.49. The molecule has 194 valence electrons. The summed E-state index contributed by atoms with van der Waals surface area (Å²) in [5.41, 5.74) is -8.70. The van der Waals surface area contributed by atoms with E-state index in [1.54, 1.807) is 0 Å². The maximum absolute atomic E-state index is 12.5. The van der Waals surface area contributed by atoms with Gasteiger partial charge in [0.25, 0.3) is 0 Å². The minimum absolute atomic E-state index is 0.119. The van der Waals surface area contributed by atoms with Crippen molar-refractivity contribution in [1.29, 1.82) is 0 Å². The zero-order valence-corrected chi connectivity index (χ0v) is 16.7. The maximum Gasteiger partial charge on any atom is 0.417 e. The minimum Gasteiger partial charge on any atom is -0.478 e. The van der Waals surface area contributed by atoms with Crippen molar-refractivity contribution in [3.05, 3.63) is 69.8 Å². The van der Waals surface area contributed by atoms with Crippen molar-refractivity contribution in [3.8, 4) is 0 Å². The topological polar surface area (TPSA) is 63.6 Å². The second kappa shape index (κ2) is 10.0. The van der Waals surface area contributed by atoms with Crippen LogP contribution in [-0.2, 0) is 29.4 Å². The van der Waals surface area contributed by atoms with Gasteiger partial charge in [-0.2, -0.15) is 52.7 Å². The molecule has 0 saturated carbocycles. The highest BCUT2D eigenvalue weighted by atomic mass is 19.4. The predicted octanol–water partition coefficient (Wildman–Crippen LogP) is 6.93. The molecule has 0 aliphatic carbocycles. The second-order valence-corrected chi connectivity index (χ2v) is 6.31. The van der Waals surface area contributed by atoms with Gasteiger partial charge in [0.05, 0.1) is 40.5 Å². The second-order valence-electron chi connectivity index (χ2n) is 6.31. The van der Waals surface area contributed by atoms with Crippen LogP contribution in [-0.4, -0.2) is 24.2 Å². The van der Waals surface area contributed by atoms with Crippen molar-refractivity contribution in [3.63, 3.8) is 0 Å².